The summed E-state index contributed by atoms with van der Waals surface area (Å²) in [6.07, 6.45) is 0.745. The molecule has 2 atom stereocenters. The SMILES string of the molecule is CC1CCN(C(=O)c2ccc(F)cc2[N+](=O)[O-])CC1Cl. The van der Waals surface area contributed by atoms with E-state index in [-0.39, 0.29) is 10.9 Å². The monoisotopic (exact) mass is 300 g/mol. The first-order chi connectivity index (χ1) is 9.40. The molecule has 108 valence electrons. The molecule has 2 unspecified atom stereocenters. The Morgan fingerprint density at radius 3 is 2.85 bits per heavy atom. The third kappa shape index (κ3) is 2.90. The van der Waals surface area contributed by atoms with Gasteiger partial charge in [-0.15, -0.1) is 11.6 Å². The molecule has 0 N–H and O–H groups in total. The first kappa shape index (κ1) is 14.7. The van der Waals surface area contributed by atoms with E-state index >= 15 is 0 Å². The van der Waals surface area contributed by atoms with Gasteiger partial charge in [0.2, 0.25) is 0 Å². The topological polar surface area (TPSA) is 63.5 Å². The number of hydrogen-bond donors (Lipinski definition) is 0. The lowest BCUT2D eigenvalue weighted by Crippen LogP contribution is -2.43. The maximum Gasteiger partial charge on any atom is 0.285 e. The summed E-state index contributed by atoms with van der Waals surface area (Å²) < 4.78 is 13.1. The molecule has 1 aromatic carbocycles. The van der Waals surface area contributed by atoms with Crippen molar-refractivity contribution in [2.75, 3.05) is 13.1 Å². The van der Waals surface area contributed by atoms with E-state index in [1.807, 2.05) is 6.92 Å². The van der Waals surface area contributed by atoms with Crippen molar-refractivity contribution >= 4 is 23.2 Å². The highest BCUT2D eigenvalue weighted by molar-refractivity contribution is 6.21. The highest BCUT2D eigenvalue weighted by Gasteiger charge is 2.31. The Morgan fingerprint density at radius 2 is 2.25 bits per heavy atom. The Labute approximate surface area is 120 Å². The molecule has 7 heteroatoms. The molecule has 1 saturated heterocycles. The van der Waals surface area contributed by atoms with Gasteiger partial charge in [-0.3, -0.25) is 14.9 Å². The number of rotatable bonds is 2. The van der Waals surface area contributed by atoms with E-state index in [2.05, 4.69) is 0 Å². The molecule has 1 heterocycles. The van der Waals surface area contributed by atoms with Crippen LogP contribution in [0.15, 0.2) is 18.2 Å². The third-order valence-electron chi connectivity index (χ3n) is 3.54. The minimum atomic E-state index is -0.749. The molecule has 0 aromatic heterocycles. The molecule has 5 nitrogen and oxygen atoms in total. The Kier molecular flexibility index (Phi) is 4.23. The summed E-state index contributed by atoms with van der Waals surface area (Å²) in [6.45, 7) is 2.84. The van der Waals surface area contributed by atoms with Crippen LogP contribution in [0.4, 0.5) is 10.1 Å². The summed E-state index contributed by atoms with van der Waals surface area (Å²) in [5, 5.41) is 10.7. The second-order valence-corrected chi connectivity index (χ2v) is 5.51. The molecule has 0 radical (unpaired) electrons. The predicted octanol–water partition coefficient (Wildman–Crippen LogP) is 2.82. The van der Waals surface area contributed by atoms with Gasteiger partial charge in [0.25, 0.3) is 11.6 Å². The summed E-state index contributed by atoms with van der Waals surface area (Å²) in [4.78, 5) is 24.0. The van der Waals surface area contributed by atoms with E-state index in [4.69, 9.17) is 11.6 Å². The fourth-order valence-electron chi connectivity index (χ4n) is 2.21. The van der Waals surface area contributed by atoms with Gasteiger partial charge >= 0.3 is 0 Å². The van der Waals surface area contributed by atoms with Crippen LogP contribution >= 0.6 is 11.6 Å². The summed E-state index contributed by atoms with van der Waals surface area (Å²) >= 11 is 6.13. The number of nitro groups is 1. The highest BCUT2D eigenvalue weighted by atomic mass is 35.5. The van der Waals surface area contributed by atoms with E-state index in [9.17, 15) is 19.3 Å². The van der Waals surface area contributed by atoms with Gasteiger partial charge in [0.05, 0.1) is 16.4 Å². The fourth-order valence-corrected chi connectivity index (χ4v) is 2.51. The van der Waals surface area contributed by atoms with Crippen LogP contribution in [0.2, 0.25) is 0 Å². The smallest absolute Gasteiger partial charge is 0.285 e. The highest BCUT2D eigenvalue weighted by Crippen LogP contribution is 2.26. The second kappa shape index (κ2) is 5.75. The van der Waals surface area contributed by atoms with Crippen LogP contribution in [0.1, 0.15) is 23.7 Å². The predicted molar refractivity (Wildman–Crippen MR) is 72.4 cm³/mol. The number of carbonyl (C=O) groups excluding carboxylic acids is 1. The maximum absolute atomic E-state index is 13.1. The summed E-state index contributed by atoms with van der Waals surface area (Å²) in [5.74, 6) is -0.922. The largest absolute Gasteiger partial charge is 0.337 e. The molecule has 20 heavy (non-hydrogen) atoms. The Hall–Kier alpha value is -1.69. The van der Waals surface area contributed by atoms with Crippen molar-refractivity contribution < 1.29 is 14.1 Å². The minimum absolute atomic E-state index is 0.102. The average molecular weight is 301 g/mol. The van der Waals surface area contributed by atoms with E-state index < -0.39 is 22.3 Å². The van der Waals surface area contributed by atoms with Crippen LogP contribution < -0.4 is 0 Å². The number of benzene rings is 1. The van der Waals surface area contributed by atoms with E-state index in [0.29, 0.717) is 19.0 Å². The normalized spacial score (nSPS) is 22.6. The zero-order valence-electron chi connectivity index (χ0n) is 10.9. The molecular formula is C13H14ClFN2O3. The molecule has 1 aliphatic heterocycles. The molecule has 1 aromatic rings. The molecule has 1 fully saturated rings. The van der Waals surface area contributed by atoms with Crippen LogP contribution in [0.25, 0.3) is 0 Å². The van der Waals surface area contributed by atoms with Gasteiger partial charge in [0.15, 0.2) is 0 Å². The number of piperidine rings is 1. The zero-order valence-corrected chi connectivity index (χ0v) is 11.6. The lowest BCUT2D eigenvalue weighted by molar-refractivity contribution is -0.385. The molecule has 1 amide bonds. The molecule has 0 bridgehead atoms. The van der Waals surface area contributed by atoms with Gasteiger partial charge in [0, 0.05) is 13.1 Å². The Bertz CT molecular complexity index is 552. The lowest BCUT2D eigenvalue weighted by Gasteiger charge is -2.33. The summed E-state index contributed by atoms with van der Waals surface area (Å²) in [6, 6.07) is 2.96. The quantitative estimate of drug-likeness (QED) is 0.479. The van der Waals surface area contributed by atoms with E-state index in [1.165, 1.54) is 4.90 Å². The Morgan fingerprint density at radius 1 is 1.55 bits per heavy atom. The van der Waals surface area contributed by atoms with Gasteiger partial charge < -0.3 is 4.90 Å². The molecule has 0 aliphatic carbocycles. The molecule has 0 saturated carbocycles. The van der Waals surface area contributed by atoms with Crippen molar-refractivity contribution in [1.82, 2.24) is 4.90 Å². The Balaban J connectivity index is 2.27. The van der Waals surface area contributed by atoms with Crippen LogP contribution in [0.3, 0.4) is 0 Å². The number of nitro benzene ring substituents is 1. The van der Waals surface area contributed by atoms with Crippen molar-refractivity contribution in [2.24, 2.45) is 5.92 Å². The standard InChI is InChI=1S/C13H14ClFN2O3/c1-8-4-5-16(7-11(8)14)13(18)10-3-2-9(15)6-12(10)17(19)20/h2-3,6,8,11H,4-5,7H2,1H3. The van der Waals surface area contributed by atoms with Crippen LogP contribution in [-0.2, 0) is 0 Å². The van der Waals surface area contributed by atoms with Gasteiger partial charge in [-0.25, -0.2) is 4.39 Å². The number of nitrogens with zero attached hydrogens (tertiary/aromatic N) is 2. The number of amides is 1. The first-order valence-corrected chi connectivity index (χ1v) is 6.71. The first-order valence-electron chi connectivity index (χ1n) is 6.27. The molecule has 2 rings (SSSR count). The molecular weight excluding hydrogens is 287 g/mol. The van der Waals surface area contributed by atoms with Gasteiger partial charge in [-0.1, -0.05) is 6.92 Å². The van der Waals surface area contributed by atoms with Crippen molar-refractivity contribution in [1.29, 1.82) is 0 Å². The zero-order chi connectivity index (χ0) is 14.9. The third-order valence-corrected chi connectivity index (χ3v) is 4.11. The second-order valence-electron chi connectivity index (χ2n) is 4.95. The van der Waals surface area contributed by atoms with Crippen molar-refractivity contribution in [3.63, 3.8) is 0 Å². The maximum atomic E-state index is 13.1. The van der Waals surface area contributed by atoms with Gasteiger partial charge in [0.1, 0.15) is 11.4 Å². The fraction of sp³-hybridized carbons (Fsp3) is 0.462. The van der Waals surface area contributed by atoms with E-state index in [1.54, 1.807) is 0 Å². The van der Waals surface area contributed by atoms with E-state index in [0.717, 1.165) is 24.6 Å². The van der Waals surface area contributed by atoms with Crippen LogP contribution in [0.5, 0.6) is 0 Å². The summed E-state index contributed by atoms with van der Waals surface area (Å²) in [7, 11) is 0. The number of likely N-dealkylation sites (tertiary alicyclic amines) is 1. The van der Waals surface area contributed by atoms with Crippen molar-refractivity contribution in [2.45, 2.75) is 18.7 Å². The molecule has 0 spiro atoms. The average Bonchev–Trinajstić information content (AvgIpc) is 2.41. The number of alkyl halides is 1. The lowest BCUT2D eigenvalue weighted by atomic mass is 9.98. The number of carbonyl (C=O) groups is 1. The molecule has 1 aliphatic rings. The summed E-state index contributed by atoms with van der Waals surface area (Å²) in [5.41, 5.74) is -0.616. The van der Waals surface area contributed by atoms with Crippen LogP contribution in [-0.4, -0.2) is 34.2 Å². The van der Waals surface area contributed by atoms with Gasteiger partial charge in [-0.05, 0) is 24.5 Å². The van der Waals surface area contributed by atoms with Crippen LogP contribution in [0, 0.1) is 21.8 Å². The van der Waals surface area contributed by atoms with Crippen molar-refractivity contribution in [3.05, 3.63) is 39.7 Å². The number of halogens is 2. The van der Waals surface area contributed by atoms with Crippen molar-refractivity contribution in [3.8, 4) is 0 Å². The number of hydrogen-bond acceptors (Lipinski definition) is 3. The van der Waals surface area contributed by atoms with Gasteiger partial charge in [-0.2, -0.15) is 0 Å². The minimum Gasteiger partial charge on any atom is -0.337 e.